The third-order valence-corrected chi connectivity index (χ3v) is 4.11. The first-order chi connectivity index (χ1) is 9.20. The Morgan fingerprint density at radius 3 is 2.68 bits per heavy atom. The molecule has 1 rings (SSSR count). The first-order valence-electron chi connectivity index (χ1n) is 7.22. The van der Waals surface area contributed by atoms with Gasteiger partial charge in [0.2, 0.25) is 0 Å². The number of ether oxygens (including phenoxy) is 3. The summed E-state index contributed by atoms with van der Waals surface area (Å²) in [4.78, 5) is 2.47. The lowest BCUT2D eigenvalue weighted by Crippen LogP contribution is -2.59. The Morgan fingerprint density at radius 1 is 1.26 bits per heavy atom. The number of hydrogen-bond donors (Lipinski definition) is 1. The van der Waals surface area contributed by atoms with Crippen molar-refractivity contribution in [1.29, 1.82) is 0 Å². The third kappa shape index (κ3) is 4.68. The van der Waals surface area contributed by atoms with Gasteiger partial charge in [0, 0.05) is 52.1 Å². The monoisotopic (exact) mass is 274 g/mol. The molecule has 0 spiro atoms. The van der Waals surface area contributed by atoms with Gasteiger partial charge in [0.25, 0.3) is 0 Å². The standard InChI is InChI=1S/C14H30N2O3/c1-13(11-18-3)16(7-10-17-2)14(12-15)5-4-8-19-9-6-14/h13H,4-12,15H2,1-3H3. The van der Waals surface area contributed by atoms with Crippen LogP contribution in [-0.4, -0.2) is 70.2 Å². The van der Waals surface area contributed by atoms with Gasteiger partial charge in [0.05, 0.1) is 13.2 Å². The van der Waals surface area contributed by atoms with Gasteiger partial charge < -0.3 is 19.9 Å². The van der Waals surface area contributed by atoms with E-state index in [4.69, 9.17) is 19.9 Å². The zero-order chi connectivity index (χ0) is 14.1. The van der Waals surface area contributed by atoms with E-state index >= 15 is 0 Å². The highest BCUT2D eigenvalue weighted by Crippen LogP contribution is 2.29. The molecule has 2 unspecified atom stereocenters. The minimum absolute atomic E-state index is 0.0208. The van der Waals surface area contributed by atoms with Crippen LogP contribution in [0.15, 0.2) is 0 Å². The molecule has 19 heavy (non-hydrogen) atoms. The summed E-state index contributed by atoms with van der Waals surface area (Å²) < 4.78 is 16.2. The Balaban J connectivity index is 2.82. The van der Waals surface area contributed by atoms with Gasteiger partial charge in [-0.3, -0.25) is 4.90 Å². The largest absolute Gasteiger partial charge is 0.383 e. The Labute approximate surface area is 117 Å². The highest BCUT2D eigenvalue weighted by molar-refractivity contribution is 4.95. The van der Waals surface area contributed by atoms with Gasteiger partial charge in [-0.2, -0.15) is 0 Å². The summed E-state index contributed by atoms with van der Waals surface area (Å²) in [6.07, 6.45) is 3.14. The maximum Gasteiger partial charge on any atom is 0.0615 e. The van der Waals surface area contributed by atoms with Crippen molar-refractivity contribution in [3.63, 3.8) is 0 Å². The van der Waals surface area contributed by atoms with E-state index in [0.29, 0.717) is 19.2 Å². The van der Waals surface area contributed by atoms with E-state index in [9.17, 15) is 0 Å². The van der Waals surface area contributed by atoms with Crippen molar-refractivity contribution in [3.8, 4) is 0 Å². The predicted octanol–water partition coefficient (Wildman–Crippen LogP) is 0.868. The highest BCUT2D eigenvalue weighted by Gasteiger charge is 2.38. The SMILES string of the molecule is COCCN(C(C)COC)C1(CN)CCCOCC1. The molecule has 1 aliphatic heterocycles. The van der Waals surface area contributed by atoms with Crippen molar-refractivity contribution in [2.75, 3.05) is 53.7 Å². The molecule has 114 valence electrons. The van der Waals surface area contributed by atoms with Crippen molar-refractivity contribution < 1.29 is 14.2 Å². The lowest BCUT2D eigenvalue weighted by molar-refractivity contribution is -0.0108. The number of rotatable bonds is 8. The molecule has 1 aliphatic rings. The smallest absolute Gasteiger partial charge is 0.0615 e. The molecule has 0 amide bonds. The van der Waals surface area contributed by atoms with Gasteiger partial charge in [-0.25, -0.2) is 0 Å². The van der Waals surface area contributed by atoms with Crippen LogP contribution in [0, 0.1) is 0 Å². The van der Waals surface area contributed by atoms with Crippen LogP contribution in [0.25, 0.3) is 0 Å². The Hall–Kier alpha value is -0.200. The average molecular weight is 274 g/mol. The molecule has 0 aromatic heterocycles. The molecule has 2 atom stereocenters. The summed E-state index contributed by atoms with van der Waals surface area (Å²) >= 11 is 0. The van der Waals surface area contributed by atoms with Crippen molar-refractivity contribution >= 4 is 0 Å². The molecule has 1 heterocycles. The summed E-state index contributed by atoms with van der Waals surface area (Å²) in [7, 11) is 3.49. The summed E-state index contributed by atoms with van der Waals surface area (Å²) in [5, 5.41) is 0. The number of methoxy groups -OCH3 is 2. The summed E-state index contributed by atoms with van der Waals surface area (Å²) in [5.74, 6) is 0. The quantitative estimate of drug-likeness (QED) is 0.712. The molecule has 1 saturated heterocycles. The minimum atomic E-state index is 0.0208. The van der Waals surface area contributed by atoms with Gasteiger partial charge in [0.1, 0.15) is 0 Å². The number of nitrogens with zero attached hydrogens (tertiary/aromatic N) is 1. The van der Waals surface area contributed by atoms with Crippen LogP contribution >= 0.6 is 0 Å². The van der Waals surface area contributed by atoms with E-state index < -0.39 is 0 Å². The van der Waals surface area contributed by atoms with Crippen molar-refractivity contribution in [1.82, 2.24) is 4.90 Å². The zero-order valence-corrected chi connectivity index (χ0v) is 12.7. The average Bonchev–Trinajstić information content (AvgIpc) is 2.66. The summed E-state index contributed by atoms with van der Waals surface area (Å²) in [6, 6.07) is 0.335. The second kappa shape index (κ2) is 8.87. The highest BCUT2D eigenvalue weighted by atomic mass is 16.5. The fourth-order valence-corrected chi connectivity index (χ4v) is 3.05. The van der Waals surface area contributed by atoms with Crippen LogP contribution in [0.1, 0.15) is 26.2 Å². The lowest BCUT2D eigenvalue weighted by atomic mass is 9.87. The molecule has 0 aromatic rings. The predicted molar refractivity (Wildman–Crippen MR) is 76.4 cm³/mol. The number of hydrogen-bond acceptors (Lipinski definition) is 5. The number of nitrogens with two attached hydrogens (primary N) is 1. The van der Waals surface area contributed by atoms with Crippen molar-refractivity contribution in [3.05, 3.63) is 0 Å². The van der Waals surface area contributed by atoms with Gasteiger partial charge in [-0.15, -0.1) is 0 Å². The van der Waals surface area contributed by atoms with E-state index in [0.717, 1.165) is 45.6 Å². The Kier molecular flexibility index (Phi) is 7.87. The molecule has 0 bridgehead atoms. The van der Waals surface area contributed by atoms with Crippen LogP contribution in [0.3, 0.4) is 0 Å². The minimum Gasteiger partial charge on any atom is -0.383 e. The van der Waals surface area contributed by atoms with E-state index in [2.05, 4.69) is 11.8 Å². The fraction of sp³-hybridized carbons (Fsp3) is 1.00. The van der Waals surface area contributed by atoms with Gasteiger partial charge in [0.15, 0.2) is 0 Å². The van der Waals surface area contributed by atoms with Crippen molar-refractivity contribution in [2.24, 2.45) is 5.73 Å². The summed E-state index contributed by atoms with van der Waals surface area (Å²) in [5.41, 5.74) is 6.16. The molecule has 0 aromatic carbocycles. The fourth-order valence-electron chi connectivity index (χ4n) is 3.05. The van der Waals surface area contributed by atoms with E-state index in [1.165, 1.54) is 0 Å². The van der Waals surface area contributed by atoms with Crippen LogP contribution < -0.4 is 5.73 Å². The van der Waals surface area contributed by atoms with Gasteiger partial charge >= 0.3 is 0 Å². The maximum absolute atomic E-state index is 6.14. The van der Waals surface area contributed by atoms with E-state index in [-0.39, 0.29) is 5.54 Å². The second-order valence-electron chi connectivity index (χ2n) is 5.38. The first kappa shape index (κ1) is 16.9. The molecule has 0 aliphatic carbocycles. The first-order valence-corrected chi connectivity index (χ1v) is 7.22. The zero-order valence-electron chi connectivity index (χ0n) is 12.7. The van der Waals surface area contributed by atoms with E-state index in [1.807, 2.05) is 0 Å². The van der Waals surface area contributed by atoms with Crippen LogP contribution in [0.2, 0.25) is 0 Å². The Bertz CT molecular complexity index is 231. The topological polar surface area (TPSA) is 57.0 Å². The summed E-state index contributed by atoms with van der Waals surface area (Å²) in [6.45, 7) is 6.82. The van der Waals surface area contributed by atoms with Gasteiger partial charge in [-0.1, -0.05) is 0 Å². The maximum atomic E-state index is 6.14. The second-order valence-corrected chi connectivity index (χ2v) is 5.38. The van der Waals surface area contributed by atoms with Crippen LogP contribution in [-0.2, 0) is 14.2 Å². The molecule has 5 heteroatoms. The third-order valence-electron chi connectivity index (χ3n) is 4.11. The Morgan fingerprint density at radius 2 is 2.05 bits per heavy atom. The van der Waals surface area contributed by atoms with Crippen molar-refractivity contribution in [2.45, 2.75) is 37.8 Å². The molecular weight excluding hydrogens is 244 g/mol. The molecule has 5 nitrogen and oxygen atoms in total. The normalized spacial score (nSPS) is 26.4. The molecule has 1 fully saturated rings. The molecular formula is C14H30N2O3. The van der Waals surface area contributed by atoms with Gasteiger partial charge in [-0.05, 0) is 26.2 Å². The molecule has 0 saturated carbocycles. The lowest BCUT2D eigenvalue weighted by Gasteiger charge is -2.46. The van der Waals surface area contributed by atoms with E-state index in [1.54, 1.807) is 14.2 Å². The van der Waals surface area contributed by atoms with Crippen LogP contribution in [0.4, 0.5) is 0 Å². The molecule has 0 radical (unpaired) electrons. The molecule has 2 N–H and O–H groups in total. The van der Waals surface area contributed by atoms with Crippen LogP contribution in [0.5, 0.6) is 0 Å².